The van der Waals surface area contributed by atoms with E-state index in [4.69, 9.17) is 16.3 Å². The summed E-state index contributed by atoms with van der Waals surface area (Å²) in [6, 6.07) is 1.68. The van der Waals surface area contributed by atoms with Crippen molar-refractivity contribution in [3.8, 4) is 0 Å². The van der Waals surface area contributed by atoms with Crippen LogP contribution in [0, 0.1) is 0 Å². The normalized spacial score (nSPS) is 16.6. The molecule has 28 heavy (non-hydrogen) atoms. The van der Waals surface area contributed by atoms with Gasteiger partial charge in [0, 0.05) is 51.9 Å². The minimum Gasteiger partial charge on any atom is -0.392 e. The Labute approximate surface area is 169 Å². The van der Waals surface area contributed by atoms with E-state index in [0.717, 1.165) is 19.5 Å². The van der Waals surface area contributed by atoms with Crippen LogP contribution >= 0.6 is 11.6 Å². The van der Waals surface area contributed by atoms with Crippen molar-refractivity contribution in [1.82, 2.24) is 19.4 Å². The summed E-state index contributed by atoms with van der Waals surface area (Å²) in [6.45, 7) is 8.97. The summed E-state index contributed by atoms with van der Waals surface area (Å²) in [6.07, 6.45) is 2.18. The lowest BCUT2D eigenvalue weighted by molar-refractivity contribution is 0.122. The summed E-state index contributed by atoms with van der Waals surface area (Å²) in [5, 5.41) is 9.91. The Morgan fingerprint density at radius 2 is 2.04 bits per heavy atom. The van der Waals surface area contributed by atoms with E-state index >= 15 is 0 Å². The third-order valence-corrected chi connectivity index (χ3v) is 4.99. The minimum absolute atomic E-state index is 0.140. The van der Waals surface area contributed by atoms with Crippen LogP contribution in [0.5, 0.6) is 0 Å². The highest BCUT2D eigenvalue weighted by atomic mass is 35.5. The molecule has 1 fully saturated rings. The molecule has 1 N–H and O–H groups in total. The fourth-order valence-corrected chi connectivity index (χ4v) is 3.61. The first-order chi connectivity index (χ1) is 13.5. The van der Waals surface area contributed by atoms with Gasteiger partial charge in [-0.2, -0.15) is 0 Å². The molecule has 0 aromatic carbocycles. The van der Waals surface area contributed by atoms with Crippen molar-refractivity contribution < 1.29 is 9.84 Å². The monoisotopic (exact) mass is 409 g/mol. The molecule has 0 spiro atoms. The van der Waals surface area contributed by atoms with Crippen LogP contribution < -0.4 is 10.5 Å². The van der Waals surface area contributed by atoms with Crippen LogP contribution in [0.25, 0.3) is 11.0 Å². The van der Waals surface area contributed by atoms with E-state index in [0.29, 0.717) is 61.4 Å². The number of anilines is 1. The molecule has 2 aromatic rings. The van der Waals surface area contributed by atoms with Crippen molar-refractivity contribution in [2.45, 2.75) is 32.9 Å². The summed E-state index contributed by atoms with van der Waals surface area (Å²) in [4.78, 5) is 26.1. The van der Waals surface area contributed by atoms with Crippen molar-refractivity contribution in [3.05, 3.63) is 27.8 Å². The van der Waals surface area contributed by atoms with Crippen LogP contribution in [-0.4, -0.2) is 76.6 Å². The molecule has 0 radical (unpaired) electrons. The zero-order valence-electron chi connectivity index (χ0n) is 16.5. The van der Waals surface area contributed by atoms with E-state index in [9.17, 15) is 9.90 Å². The number of aromatic nitrogens is 3. The Morgan fingerprint density at radius 3 is 2.71 bits per heavy atom. The SMILES string of the molecule is CCCOCCn1c(=O)c(N2CCN(C[C@@H](C)O)CC2)nc2cnc(Cl)cc21. The number of hydrogen-bond acceptors (Lipinski definition) is 7. The molecule has 1 aliphatic heterocycles. The number of ether oxygens (including phenoxy) is 1. The fraction of sp³-hybridized carbons (Fsp3) is 0.632. The van der Waals surface area contributed by atoms with Crippen LogP contribution in [0.2, 0.25) is 5.15 Å². The third-order valence-electron chi connectivity index (χ3n) is 4.78. The lowest BCUT2D eigenvalue weighted by Gasteiger charge is -2.35. The van der Waals surface area contributed by atoms with E-state index < -0.39 is 0 Å². The Kier molecular flexibility index (Phi) is 7.23. The molecule has 9 heteroatoms. The van der Waals surface area contributed by atoms with Gasteiger partial charge in [0.2, 0.25) is 0 Å². The first kappa shape index (κ1) is 21.0. The molecular weight excluding hydrogens is 382 g/mol. The number of nitrogens with zero attached hydrogens (tertiary/aromatic N) is 5. The Balaban J connectivity index is 1.87. The Bertz CT molecular complexity index is 849. The molecule has 3 rings (SSSR count). The maximum absolute atomic E-state index is 13.2. The first-order valence-corrected chi connectivity index (χ1v) is 10.2. The molecule has 154 valence electrons. The van der Waals surface area contributed by atoms with E-state index in [2.05, 4.69) is 21.8 Å². The molecule has 1 saturated heterocycles. The number of β-amino-alcohol motifs (C(OH)–C–C–N with tert-alkyl or cyclic N) is 1. The molecule has 8 nitrogen and oxygen atoms in total. The van der Waals surface area contributed by atoms with Crippen LogP contribution in [-0.2, 0) is 11.3 Å². The van der Waals surface area contributed by atoms with E-state index in [-0.39, 0.29) is 11.7 Å². The van der Waals surface area contributed by atoms with Gasteiger partial charge < -0.3 is 19.3 Å². The second kappa shape index (κ2) is 9.65. The van der Waals surface area contributed by atoms with Crippen molar-refractivity contribution >= 4 is 28.5 Å². The predicted octanol–water partition coefficient (Wildman–Crippen LogP) is 1.37. The molecule has 0 aliphatic carbocycles. The van der Waals surface area contributed by atoms with Gasteiger partial charge in [0.15, 0.2) is 5.82 Å². The second-order valence-corrected chi connectivity index (χ2v) is 7.52. The number of fused-ring (bicyclic) bond motifs is 1. The van der Waals surface area contributed by atoms with E-state index in [1.54, 1.807) is 23.8 Å². The number of hydrogen-bond donors (Lipinski definition) is 1. The summed E-state index contributed by atoms with van der Waals surface area (Å²) in [5.74, 6) is 0.434. The maximum atomic E-state index is 13.2. The van der Waals surface area contributed by atoms with Crippen molar-refractivity contribution in [1.29, 1.82) is 0 Å². The van der Waals surface area contributed by atoms with Gasteiger partial charge in [-0.3, -0.25) is 9.69 Å². The summed E-state index contributed by atoms with van der Waals surface area (Å²) < 4.78 is 7.27. The molecule has 0 bridgehead atoms. The van der Waals surface area contributed by atoms with Crippen molar-refractivity contribution in [3.63, 3.8) is 0 Å². The summed E-state index contributed by atoms with van der Waals surface area (Å²) in [7, 11) is 0. The summed E-state index contributed by atoms with van der Waals surface area (Å²) in [5.41, 5.74) is 1.17. The number of halogens is 1. The number of rotatable bonds is 8. The van der Waals surface area contributed by atoms with Gasteiger partial charge in [-0.25, -0.2) is 9.97 Å². The Hall–Kier alpha value is -1.74. The van der Waals surface area contributed by atoms with Gasteiger partial charge in [0.05, 0.1) is 24.4 Å². The minimum atomic E-state index is -0.360. The van der Waals surface area contributed by atoms with Gasteiger partial charge >= 0.3 is 0 Å². The average molecular weight is 410 g/mol. The third kappa shape index (κ3) is 5.00. The molecule has 0 saturated carbocycles. The van der Waals surface area contributed by atoms with Crippen molar-refractivity contribution in [2.24, 2.45) is 0 Å². The molecule has 3 heterocycles. The molecular formula is C19H28ClN5O3. The Morgan fingerprint density at radius 1 is 1.29 bits per heavy atom. The highest BCUT2D eigenvalue weighted by Crippen LogP contribution is 2.18. The number of aliphatic hydroxyl groups is 1. The average Bonchev–Trinajstić information content (AvgIpc) is 2.67. The van der Waals surface area contributed by atoms with Crippen LogP contribution in [0.15, 0.2) is 17.1 Å². The maximum Gasteiger partial charge on any atom is 0.294 e. The van der Waals surface area contributed by atoms with Crippen LogP contribution in [0.4, 0.5) is 5.82 Å². The lowest BCUT2D eigenvalue weighted by atomic mass is 10.2. The lowest BCUT2D eigenvalue weighted by Crippen LogP contribution is -2.50. The second-order valence-electron chi connectivity index (χ2n) is 7.14. The standard InChI is InChI=1S/C19H28ClN5O3/c1-3-9-28-10-8-25-16-11-17(20)21-12-15(16)22-18(19(25)27)24-6-4-23(5-7-24)13-14(2)26/h11-12,14,26H,3-10,13H2,1-2H3/t14-/m1/s1. The first-order valence-electron chi connectivity index (χ1n) is 9.78. The number of aliphatic hydroxyl groups excluding tert-OH is 1. The quantitative estimate of drug-likeness (QED) is 0.520. The van der Waals surface area contributed by atoms with Crippen molar-refractivity contribution in [2.75, 3.05) is 50.8 Å². The van der Waals surface area contributed by atoms with Gasteiger partial charge in [0.1, 0.15) is 10.7 Å². The summed E-state index contributed by atoms with van der Waals surface area (Å²) >= 11 is 6.05. The largest absolute Gasteiger partial charge is 0.392 e. The molecule has 1 atom stereocenters. The van der Waals surface area contributed by atoms with Gasteiger partial charge in [-0.15, -0.1) is 0 Å². The molecule has 2 aromatic heterocycles. The van der Waals surface area contributed by atoms with Gasteiger partial charge in [-0.05, 0) is 13.3 Å². The highest BCUT2D eigenvalue weighted by molar-refractivity contribution is 6.29. The number of piperazine rings is 1. The molecule has 0 unspecified atom stereocenters. The topological polar surface area (TPSA) is 83.7 Å². The zero-order chi connectivity index (χ0) is 20.1. The van der Waals surface area contributed by atoms with Crippen LogP contribution in [0.1, 0.15) is 20.3 Å². The number of pyridine rings is 1. The highest BCUT2D eigenvalue weighted by Gasteiger charge is 2.23. The predicted molar refractivity (Wildman–Crippen MR) is 110 cm³/mol. The van der Waals surface area contributed by atoms with E-state index in [1.165, 1.54) is 0 Å². The fourth-order valence-electron chi connectivity index (χ4n) is 3.45. The smallest absolute Gasteiger partial charge is 0.294 e. The van der Waals surface area contributed by atoms with Crippen LogP contribution in [0.3, 0.4) is 0 Å². The zero-order valence-corrected chi connectivity index (χ0v) is 17.2. The van der Waals surface area contributed by atoms with Gasteiger partial charge in [0.25, 0.3) is 5.56 Å². The van der Waals surface area contributed by atoms with E-state index in [1.807, 2.05) is 4.90 Å². The molecule has 1 aliphatic rings. The molecule has 0 amide bonds. The van der Waals surface area contributed by atoms with Gasteiger partial charge in [-0.1, -0.05) is 18.5 Å².